The minimum Gasteiger partial charge on any atom is -0.285 e. The number of hydrogen-bond acceptors (Lipinski definition) is 8. The van der Waals surface area contributed by atoms with Crippen molar-refractivity contribution in [3.8, 4) is 22.8 Å². The molecule has 0 N–H and O–H groups in total. The van der Waals surface area contributed by atoms with E-state index >= 15 is 0 Å². The van der Waals surface area contributed by atoms with Crippen LogP contribution in [0.15, 0.2) is 85.5 Å². The van der Waals surface area contributed by atoms with Crippen LogP contribution in [0.25, 0.3) is 22.8 Å². The second-order valence-electron chi connectivity index (χ2n) is 6.55. The largest absolute Gasteiger partial charge is 0.285 e. The SMILES string of the molecule is O=C(C(=O)C(=O)c1cccnc1-c1ccccn1)C(=O)c1cccnc1-c1ccccn1. The number of aromatic nitrogens is 4. The van der Waals surface area contributed by atoms with Crippen molar-refractivity contribution in [3.05, 3.63) is 96.6 Å². The van der Waals surface area contributed by atoms with Gasteiger partial charge in [-0.2, -0.15) is 0 Å². The molecular weight excluding hydrogens is 408 g/mol. The Morgan fingerprint density at radius 2 is 0.875 bits per heavy atom. The molecular formula is C24H14N4O4. The number of ketones is 4. The van der Waals surface area contributed by atoms with Crippen LogP contribution in [0.5, 0.6) is 0 Å². The van der Waals surface area contributed by atoms with E-state index in [2.05, 4.69) is 19.9 Å². The summed E-state index contributed by atoms with van der Waals surface area (Å²) in [6, 6.07) is 15.6. The standard InChI is InChI=1S/C24H14N4O4/c29-21(15-7-5-13-27-19(15)17-9-1-3-11-25-17)23(31)24(32)22(30)16-8-6-14-28-20(16)18-10-2-4-12-26-18/h1-14H. The highest BCUT2D eigenvalue weighted by Gasteiger charge is 2.33. The molecule has 0 unspecified atom stereocenters. The molecule has 154 valence electrons. The van der Waals surface area contributed by atoms with Crippen LogP contribution < -0.4 is 0 Å². The van der Waals surface area contributed by atoms with Gasteiger partial charge in [0.2, 0.25) is 11.6 Å². The Balaban J connectivity index is 1.66. The van der Waals surface area contributed by atoms with Crippen molar-refractivity contribution < 1.29 is 19.2 Å². The molecule has 0 atom stereocenters. The number of carbonyl (C=O) groups excluding carboxylic acids is 4. The van der Waals surface area contributed by atoms with Crippen molar-refractivity contribution in [3.63, 3.8) is 0 Å². The minimum atomic E-state index is -1.46. The molecule has 0 spiro atoms. The smallest absolute Gasteiger partial charge is 0.277 e. The van der Waals surface area contributed by atoms with E-state index in [4.69, 9.17) is 0 Å². The predicted octanol–water partition coefficient (Wildman–Crippen LogP) is 2.80. The third-order valence-corrected chi connectivity index (χ3v) is 4.54. The van der Waals surface area contributed by atoms with Gasteiger partial charge in [-0.25, -0.2) is 0 Å². The summed E-state index contributed by atoms with van der Waals surface area (Å²) in [5, 5.41) is 0. The zero-order valence-corrected chi connectivity index (χ0v) is 16.5. The van der Waals surface area contributed by atoms with Crippen LogP contribution in [0.2, 0.25) is 0 Å². The van der Waals surface area contributed by atoms with Crippen LogP contribution in [0, 0.1) is 0 Å². The average molecular weight is 422 g/mol. The fourth-order valence-electron chi connectivity index (χ4n) is 3.04. The topological polar surface area (TPSA) is 120 Å². The van der Waals surface area contributed by atoms with E-state index in [0.29, 0.717) is 11.4 Å². The zero-order chi connectivity index (χ0) is 22.5. The lowest BCUT2D eigenvalue weighted by Crippen LogP contribution is -2.31. The van der Waals surface area contributed by atoms with Gasteiger partial charge in [0, 0.05) is 24.8 Å². The third-order valence-electron chi connectivity index (χ3n) is 4.54. The summed E-state index contributed by atoms with van der Waals surface area (Å²) in [6.07, 6.45) is 5.90. The average Bonchev–Trinajstić information content (AvgIpc) is 2.88. The lowest BCUT2D eigenvalue weighted by Gasteiger charge is -2.07. The number of nitrogens with zero attached hydrogens (tertiary/aromatic N) is 4. The van der Waals surface area contributed by atoms with Crippen molar-refractivity contribution in [2.45, 2.75) is 0 Å². The monoisotopic (exact) mass is 422 g/mol. The van der Waals surface area contributed by atoms with Gasteiger partial charge in [0.05, 0.1) is 33.9 Å². The molecule has 0 fully saturated rings. The summed E-state index contributed by atoms with van der Waals surface area (Å²) in [7, 11) is 0. The molecule has 0 aromatic carbocycles. The Labute approximate surface area is 182 Å². The van der Waals surface area contributed by atoms with Gasteiger partial charge < -0.3 is 0 Å². The maximum atomic E-state index is 12.9. The number of rotatable bonds is 7. The first-order valence-corrected chi connectivity index (χ1v) is 9.48. The van der Waals surface area contributed by atoms with Crippen LogP contribution in [0.4, 0.5) is 0 Å². The van der Waals surface area contributed by atoms with Gasteiger partial charge in [0.1, 0.15) is 0 Å². The summed E-state index contributed by atoms with van der Waals surface area (Å²) in [4.78, 5) is 67.6. The second-order valence-corrected chi connectivity index (χ2v) is 6.55. The van der Waals surface area contributed by atoms with Gasteiger partial charge in [-0.1, -0.05) is 12.1 Å². The van der Waals surface area contributed by atoms with E-state index < -0.39 is 23.1 Å². The maximum Gasteiger partial charge on any atom is 0.277 e. The van der Waals surface area contributed by atoms with Crippen LogP contribution >= 0.6 is 0 Å². The van der Waals surface area contributed by atoms with Gasteiger partial charge in [0.15, 0.2) is 0 Å². The number of hydrogen-bond donors (Lipinski definition) is 0. The lowest BCUT2D eigenvalue weighted by atomic mass is 9.96. The van der Waals surface area contributed by atoms with Crippen LogP contribution in [0.1, 0.15) is 20.7 Å². The predicted molar refractivity (Wildman–Crippen MR) is 114 cm³/mol. The second kappa shape index (κ2) is 8.97. The molecule has 8 nitrogen and oxygen atoms in total. The maximum absolute atomic E-state index is 12.9. The Bertz CT molecular complexity index is 1230. The van der Waals surface area contributed by atoms with Gasteiger partial charge >= 0.3 is 0 Å². The molecule has 32 heavy (non-hydrogen) atoms. The fraction of sp³-hybridized carbons (Fsp3) is 0. The molecule has 0 aliphatic carbocycles. The van der Waals surface area contributed by atoms with E-state index in [9.17, 15) is 19.2 Å². The number of Topliss-reactive ketones (excluding diaryl/α,β-unsaturated/α-hetero) is 4. The molecule has 4 aromatic rings. The summed E-state index contributed by atoms with van der Waals surface area (Å²) in [5.74, 6) is -5.20. The molecule has 4 heterocycles. The summed E-state index contributed by atoms with van der Waals surface area (Å²) in [5.41, 5.74) is 0.756. The van der Waals surface area contributed by atoms with E-state index in [1.165, 1.54) is 49.1 Å². The zero-order valence-electron chi connectivity index (χ0n) is 16.5. The van der Waals surface area contributed by atoms with E-state index in [0.717, 1.165) is 0 Å². The quantitative estimate of drug-likeness (QED) is 0.253. The molecule has 0 saturated carbocycles. The Morgan fingerprint density at radius 1 is 0.469 bits per heavy atom. The van der Waals surface area contributed by atoms with Crippen molar-refractivity contribution >= 4 is 23.1 Å². The van der Waals surface area contributed by atoms with Gasteiger partial charge in [-0.3, -0.25) is 39.1 Å². The van der Waals surface area contributed by atoms with Gasteiger partial charge in [-0.15, -0.1) is 0 Å². The van der Waals surface area contributed by atoms with E-state index in [-0.39, 0.29) is 22.5 Å². The van der Waals surface area contributed by atoms with Crippen LogP contribution in [-0.2, 0) is 9.59 Å². The van der Waals surface area contributed by atoms with Gasteiger partial charge in [-0.05, 0) is 48.5 Å². The molecule has 4 rings (SSSR count). The summed E-state index contributed by atoms with van der Waals surface area (Å²) >= 11 is 0. The number of carbonyl (C=O) groups is 4. The van der Waals surface area contributed by atoms with Crippen LogP contribution in [0.3, 0.4) is 0 Å². The molecule has 0 amide bonds. The molecule has 8 heteroatoms. The third kappa shape index (κ3) is 3.97. The molecule has 0 aliphatic heterocycles. The minimum absolute atomic E-state index is 0.117. The first kappa shape index (κ1) is 20.5. The van der Waals surface area contributed by atoms with Crippen LogP contribution in [-0.4, -0.2) is 43.1 Å². The first-order valence-electron chi connectivity index (χ1n) is 9.48. The number of pyridine rings is 4. The highest BCUT2D eigenvalue weighted by Crippen LogP contribution is 2.21. The first-order chi connectivity index (χ1) is 15.6. The van der Waals surface area contributed by atoms with Crippen molar-refractivity contribution in [2.24, 2.45) is 0 Å². The lowest BCUT2D eigenvalue weighted by molar-refractivity contribution is -0.131. The highest BCUT2D eigenvalue weighted by atomic mass is 16.2. The fourth-order valence-corrected chi connectivity index (χ4v) is 3.04. The summed E-state index contributed by atoms with van der Waals surface area (Å²) in [6.45, 7) is 0. The molecule has 0 aliphatic rings. The van der Waals surface area contributed by atoms with Crippen molar-refractivity contribution in [1.82, 2.24) is 19.9 Å². The van der Waals surface area contributed by atoms with Crippen molar-refractivity contribution in [1.29, 1.82) is 0 Å². The Kier molecular flexibility index (Phi) is 5.76. The highest BCUT2D eigenvalue weighted by molar-refractivity contribution is 6.81. The normalized spacial score (nSPS) is 10.4. The molecule has 4 aromatic heterocycles. The van der Waals surface area contributed by atoms with E-state index in [1.54, 1.807) is 36.4 Å². The molecule has 0 saturated heterocycles. The molecule has 0 bridgehead atoms. The van der Waals surface area contributed by atoms with Crippen molar-refractivity contribution in [2.75, 3.05) is 0 Å². The Hall–Kier alpha value is -4.72. The molecule has 0 radical (unpaired) electrons. The Morgan fingerprint density at radius 3 is 1.25 bits per heavy atom. The summed E-state index contributed by atoms with van der Waals surface area (Å²) < 4.78 is 0. The van der Waals surface area contributed by atoms with Gasteiger partial charge in [0.25, 0.3) is 11.6 Å². The van der Waals surface area contributed by atoms with E-state index in [1.807, 2.05) is 0 Å².